The third-order valence-electron chi connectivity index (χ3n) is 4.69. The number of hydrogen-bond donors (Lipinski definition) is 1. The van der Waals surface area contributed by atoms with E-state index in [9.17, 15) is 9.59 Å². The zero-order chi connectivity index (χ0) is 18.0. The van der Waals surface area contributed by atoms with Gasteiger partial charge in [0.05, 0.1) is 0 Å². The molecule has 0 aromatic heterocycles. The van der Waals surface area contributed by atoms with E-state index in [1.54, 1.807) is 4.90 Å². The van der Waals surface area contributed by atoms with Gasteiger partial charge in [0.15, 0.2) is 0 Å². The third-order valence-corrected chi connectivity index (χ3v) is 4.69. The van der Waals surface area contributed by atoms with E-state index < -0.39 is 0 Å². The number of aryl methyl sites for hydroxylation is 1. The zero-order valence-corrected chi connectivity index (χ0v) is 15.0. The van der Waals surface area contributed by atoms with Crippen LogP contribution in [-0.4, -0.2) is 18.4 Å². The number of nitrogens with zero attached hydrogens (tertiary/aromatic N) is 1. The minimum Gasteiger partial charge on any atom is -0.325 e. The summed E-state index contributed by atoms with van der Waals surface area (Å²) in [5, 5.41) is 2.95. The average molecular weight is 336 g/mol. The summed E-state index contributed by atoms with van der Waals surface area (Å²) in [5.74, 6) is -0.107. The molecule has 4 nitrogen and oxygen atoms in total. The Morgan fingerprint density at radius 1 is 1.12 bits per heavy atom. The van der Waals surface area contributed by atoms with Crippen LogP contribution >= 0.6 is 0 Å². The minimum absolute atomic E-state index is 0.139. The van der Waals surface area contributed by atoms with Crippen LogP contribution in [0.5, 0.6) is 0 Å². The summed E-state index contributed by atoms with van der Waals surface area (Å²) in [6.45, 7) is 6.81. The summed E-state index contributed by atoms with van der Waals surface area (Å²) in [4.78, 5) is 26.8. The number of hydrogen-bond acceptors (Lipinski definition) is 2. The Kier molecular flexibility index (Phi) is 4.88. The van der Waals surface area contributed by atoms with Crippen molar-refractivity contribution in [2.24, 2.45) is 0 Å². The molecule has 0 aliphatic carbocycles. The van der Waals surface area contributed by atoms with Crippen LogP contribution in [0.2, 0.25) is 0 Å². The van der Waals surface area contributed by atoms with E-state index in [-0.39, 0.29) is 18.2 Å². The topological polar surface area (TPSA) is 49.4 Å². The van der Waals surface area contributed by atoms with Gasteiger partial charge < -0.3 is 10.2 Å². The molecule has 2 aromatic carbocycles. The molecule has 0 spiro atoms. The standard InChI is InChI=1S/C21H24N2O2/c1-14(2)17-9-6-7-15(3)21(17)22-19(24)13-20(25)23-12-11-16-8-4-5-10-18(16)23/h4-10,14H,11-13H2,1-3H3,(H,22,24). The fourth-order valence-electron chi connectivity index (χ4n) is 3.36. The Morgan fingerprint density at radius 2 is 1.88 bits per heavy atom. The van der Waals surface area contributed by atoms with Gasteiger partial charge in [-0.2, -0.15) is 0 Å². The monoisotopic (exact) mass is 336 g/mol. The Balaban J connectivity index is 1.71. The molecule has 3 rings (SSSR count). The van der Waals surface area contributed by atoms with Gasteiger partial charge in [0.1, 0.15) is 6.42 Å². The average Bonchev–Trinajstić information content (AvgIpc) is 3.00. The summed E-state index contributed by atoms with van der Waals surface area (Å²) < 4.78 is 0. The van der Waals surface area contributed by atoms with Crippen molar-refractivity contribution in [3.8, 4) is 0 Å². The fraction of sp³-hybridized carbons (Fsp3) is 0.333. The third kappa shape index (κ3) is 3.58. The number of carbonyl (C=O) groups excluding carboxylic acids is 2. The molecule has 2 aromatic rings. The second-order valence-corrected chi connectivity index (χ2v) is 6.84. The van der Waals surface area contributed by atoms with E-state index in [4.69, 9.17) is 0 Å². The van der Waals surface area contributed by atoms with Crippen LogP contribution < -0.4 is 10.2 Å². The van der Waals surface area contributed by atoms with E-state index >= 15 is 0 Å². The van der Waals surface area contributed by atoms with Crippen molar-refractivity contribution in [3.63, 3.8) is 0 Å². The molecule has 25 heavy (non-hydrogen) atoms. The molecule has 0 fully saturated rings. The quantitative estimate of drug-likeness (QED) is 0.857. The summed E-state index contributed by atoms with van der Waals surface area (Å²) in [5.41, 5.74) is 5.03. The lowest BCUT2D eigenvalue weighted by Crippen LogP contribution is -2.32. The first-order chi connectivity index (χ1) is 12.0. The molecule has 0 atom stereocenters. The normalized spacial score (nSPS) is 13.0. The first-order valence-corrected chi connectivity index (χ1v) is 8.75. The second-order valence-electron chi connectivity index (χ2n) is 6.84. The smallest absolute Gasteiger partial charge is 0.236 e. The predicted octanol–water partition coefficient (Wildman–Crippen LogP) is 4.04. The van der Waals surface area contributed by atoms with Gasteiger partial charge in [0.25, 0.3) is 0 Å². The lowest BCUT2D eigenvalue weighted by molar-refractivity contribution is -0.125. The van der Waals surface area contributed by atoms with Crippen LogP contribution in [0, 0.1) is 6.92 Å². The van der Waals surface area contributed by atoms with Crippen molar-refractivity contribution >= 4 is 23.2 Å². The highest BCUT2D eigenvalue weighted by Gasteiger charge is 2.26. The molecule has 1 N–H and O–H groups in total. The first kappa shape index (κ1) is 17.2. The minimum atomic E-state index is -0.259. The highest BCUT2D eigenvalue weighted by molar-refractivity contribution is 6.10. The van der Waals surface area contributed by atoms with Gasteiger partial charge in [-0.15, -0.1) is 0 Å². The van der Waals surface area contributed by atoms with E-state index in [2.05, 4.69) is 19.2 Å². The van der Waals surface area contributed by atoms with Gasteiger partial charge in [-0.05, 0) is 42.0 Å². The van der Waals surface area contributed by atoms with Crippen LogP contribution in [0.3, 0.4) is 0 Å². The van der Waals surface area contributed by atoms with Crippen LogP contribution in [-0.2, 0) is 16.0 Å². The van der Waals surface area contributed by atoms with E-state index in [0.717, 1.165) is 34.5 Å². The van der Waals surface area contributed by atoms with Crippen molar-refractivity contribution < 1.29 is 9.59 Å². The highest BCUT2D eigenvalue weighted by atomic mass is 16.2. The zero-order valence-electron chi connectivity index (χ0n) is 15.0. The van der Waals surface area contributed by atoms with Crippen molar-refractivity contribution in [2.45, 2.75) is 39.5 Å². The van der Waals surface area contributed by atoms with Crippen molar-refractivity contribution in [1.29, 1.82) is 0 Å². The van der Waals surface area contributed by atoms with Crippen LogP contribution in [0.1, 0.15) is 42.9 Å². The fourth-order valence-corrected chi connectivity index (χ4v) is 3.36. The van der Waals surface area contributed by atoms with Gasteiger partial charge in [-0.1, -0.05) is 50.2 Å². The first-order valence-electron chi connectivity index (χ1n) is 8.75. The molecular formula is C21H24N2O2. The summed E-state index contributed by atoms with van der Waals surface area (Å²) in [6.07, 6.45) is 0.707. The predicted molar refractivity (Wildman–Crippen MR) is 101 cm³/mol. The van der Waals surface area contributed by atoms with Crippen LogP contribution in [0.4, 0.5) is 11.4 Å². The Morgan fingerprint density at radius 3 is 2.64 bits per heavy atom. The lowest BCUT2D eigenvalue weighted by atomic mass is 9.98. The molecule has 0 radical (unpaired) electrons. The second kappa shape index (κ2) is 7.09. The Labute approximate surface area is 148 Å². The number of rotatable bonds is 4. The van der Waals surface area contributed by atoms with Gasteiger partial charge >= 0.3 is 0 Å². The van der Waals surface area contributed by atoms with Crippen molar-refractivity contribution in [3.05, 3.63) is 59.2 Å². The maximum Gasteiger partial charge on any atom is 0.236 e. The van der Waals surface area contributed by atoms with Crippen molar-refractivity contribution in [1.82, 2.24) is 0 Å². The molecule has 0 saturated heterocycles. The van der Waals surface area contributed by atoms with E-state index in [1.165, 1.54) is 0 Å². The van der Waals surface area contributed by atoms with Crippen molar-refractivity contribution in [2.75, 3.05) is 16.8 Å². The molecule has 2 amide bonds. The largest absolute Gasteiger partial charge is 0.325 e. The molecule has 130 valence electrons. The van der Waals surface area contributed by atoms with Gasteiger partial charge in [-0.3, -0.25) is 9.59 Å². The van der Waals surface area contributed by atoms with Gasteiger partial charge in [-0.25, -0.2) is 0 Å². The molecule has 4 heteroatoms. The lowest BCUT2D eigenvalue weighted by Gasteiger charge is -2.19. The number of benzene rings is 2. The number of para-hydroxylation sites is 2. The van der Waals surface area contributed by atoms with Gasteiger partial charge in [0.2, 0.25) is 11.8 Å². The summed E-state index contributed by atoms with van der Waals surface area (Å²) in [6, 6.07) is 13.9. The maximum absolute atomic E-state index is 12.6. The maximum atomic E-state index is 12.6. The molecule has 1 aliphatic heterocycles. The molecule has 0 bridgehead atoms. The number of nitrogens with one attached hydrogen (secondary N) is 1. The number of fused-ring (bicyclic) bond motifs is 1. The molecule has 1 heterocycles. The molecule has 1 aliphatic rings. The van der Waals surface area contributed by atoms with Crippen LogP contribution in [0.15, 0.2) is 42.5 Å². The summed E-state index contributed by atoms with van der Waals surface area (Å²) in [7, 11) is 0. The van der Waals surface area contributed by atoms with Crippen LogP contribution in [0.25, 0.3) is 0 Å². The molecular weight excluding hydrogens is 312 g/mol. The van der Waals surface area contributed by atoms with Gasteiger partial charge in [0, 0.05) is 17.9 Å². The summed E-state index contributed by atoms with van der Waals surface area (Å²) >= 11 is 0. The SMILES string of the molecule is Cc1cccc(C(C)C)c1NC(=O)CC(=O)N1CCc2ccccc21. The number of carbonyl (C=O) groups is 2. The van der Waals surface area contributed by atoms with E-state index in [1.807, 2.05) is 49.4 Å². The molecule has 0 unspecified atom stereocenters. The highest BCUT2D eigenvalue weighted by Crippen LogP contribution is 2.29. The van der Waals surface area contributed by atoms with E-state index in [0.29, 0.717) is 12.5 Å². The molecule has 0 saturated carbocycles. The number of amides is 2. The number of anilines is 2. The Hall–Kier alpha value is -2.62. The Bertz CT molecular complexity index is 811.